The van der Waals surface area contributed by atoms with E-state index < -0.39 is 23.6 Å². The Morgan fingerprint density at radius 2 is 2.00 bits per heavy atom. The summed E-state index contributed by atoms with van der Waals surface area (Å²) in [5, 5.41) is 0.232. The van der Waals surface area contributed by atoms with Gasteiger partial charge in [0.2, 0.25) is 6.10 Å². The van der Waals surface area contributed by atoms with Crippen LogP contribution < -0.4 is 14.4 Å². The van der Waals surface area contributed by atoms with Crippen molar-refractivity contribution >= 4 is 32.6 Å². The zero-order valence-corrected chi connectivity index (χ0v) is 16.8. The van der Waals surface area contributed by atoms with Crippen LogP contribution in [0.4, 0.5) is 13.9 Å². The van der Waals surface area contributed by atoms with Gasteiger partial charge in [-0.2, -0.15) is 0 Å². The third-order valence-electron chi connectivity index (χ3n) is 4.75. The summed E-state index contributed by atoms with van der Waals surface area (Å²) < 4.78 is 39.7. The Bertz CT molecular complexity index is 1270. The second-order valence-electron chi connectivity index (χ2n) is 6.88. The minimum absolute atomic E-state index is 0.0107. The van der Waals surface area contributed by atoms with Crippen molar-refractivity contribution in [3.05, 3.63) is 78.1 Å². The van der Waals surface area contributed by atoms with Crippen molar-refractivity contribution in [2.75, 3.05) is 11.5 Å². The number of hydrogen-bond acceptors (Lipinski definition) is 6. The summed E-state index contributed by atoms with van der Waals surface area (Å²) in [6.07, 6.45) is 2.34. The standard InChI is InChI=1S/C22H15F2N3O3S/c23-14-8-15(24)20-19(9-14)31-22(26-20)27(11-13-4-3-7-25-10-13)21(28)18-12-29-16-5-1-2-6-17(16)30-18/h1-10,18H,11-12H2/t18-/m1/s1. The van der Waals surface area contributed by atoms with Crippen molar-refractivity contribution in [1.29, 1.82) is 0 Å². The number of ether oxygens (including phenoxy) is 2. The molecule has 5 rings (SSSR count). The van der Waals surface area contributed by atoms with Crippen LogP contribution in [0.25, 0.3) is 10.2 Å². The van der Waals surface area contributed by atoms with Gasteiger partial charge in [-0.25, -0.2) is 13.8 Å². The van der Waals surface area contributed by atoms with E-state index in [0.29, 0.717) is 16.2 Å². The molecule has 0 radical (unpaired) electrons. The van der Waals surface area contributed by atoms with Gasteiger partial charge in [-0.05, 0) is 29.8 Å². The molecule has 6 nitrogen and oxygen atoms in total. The van der Waals surface area contributed by atoms with Gasteiger partial charge >= 0.3 is 0 Å². The van der Waals surface area contributed by atoms with E-state index in [2.05, 4.69) is 9.97 Å². The second kappa shape index (κ2) is 7.92. The molecule has 2 aromatic carbocycles. The average molecular weight is 439 g/mol. The summed E-state index contributed by atoms with van der Waals surface area (Å²) in [7, 11) is 0. The van der Waals surface area contributed by atoms with Crippen LogP contribution in [0.1, 0.15) is 5.56 Å². The van der Waals surface area contributed by atoms with Crippen LogP contribution >= 0.6 is 11.3 Å². The lowest BCUT2D eigenvalue weighted by atomic mass is 10.2. The number of para-hydroxylation sites is 2. The molecule has 0 saturated heterocycles. The first-order chi connectivity index (χ1) is 15.1. The number of fused-ring (bicyclic) bond motifs is 2. The highest BCUT2D eigenvalue weighted by molar-refractivity contribution is 7.22. The van der Waals surface area contributed by atoms with E-state index in [9.17, 15) is 13.6 Å². The highest BCUT2D eigenvalue weighted by atomic mass is 32.1. The van der Waals surface area contributed by atoms with Crippen LogP contribution in [0.15, 0.2) is 60.9 Å². The molecule has 1 atom stereocenters. The molecule has 9 heteroatoms. The van der Waals surface area contributed by atoms with Crippen molar-refractivity contribution in [3.63, 3.8) is 0 Å². The SMILES string of the molecule is O=C([C@H]1COc2ccccc2O1)N(Cc1cccnc1)c1nc2c(F)cc(F)cc2s1. The van der Waals surface area contributed by atoms with Gasteiger partial charge in [-0.15, -0.1) is 0 Å². The number of carbonyl (C=O) groups is 1. The van der Waals surface area contributed by atoms with Crippen molar-refractivity contribution < 1.29 is 23.0 Å². The highest BCUT2D eigenvalue weighted by Gasteiger charge is 2.33. The van der Waals surface area contributed by atoms with E-state index in [1.54, 1.807) is 36.7 Å². The zero-order chi connectivity index (χ0) is 21.4. The molecule has 2 aromatic heterocycles. The number of anilines is 1. The fourth-order valence-corrected chi connectivity index (χ4v) is 4.30. The molecule has 0 saturated carbocycles. The molecular weight excluding hydrogens is 424 g/mol. The van der Waals surface area contributed by atoms with Gasteiger partial charge in [-0.1, -0.05) is 29.5 Å². The molecule has 0 unspecified atom stereocenters. The number of rotatable bonds is 4. The molecule has 1 amide bonds. The molecule has 3 heterocycles. The monoisotopic (exact) mass is 439 g/mol. The van der Waals surface area contributed by atoms with Gasteiger partial charge in [0.1, 0.15) is 17.9 Å². The Balaban J connectivity index is 1.52. The number of carbonyl (C=O) groups excluding carboxylic acids is 1. The summed E-state index contributed by atoms with van der Waals surface area (Å²) >= 11 is 1.03. The van der Waals surface area contributed by atoms with Crippen LogP contribution in [0.5, 0.6) is 11.5 Å². The topological polar surface area (TPSA) is 64.6 Å². The molecule has 4 aromatic rings. The van der Waals surface area contributed by atoms with Crippen molar-refractivity contribution in [2.24, 2.45) is 0 Å². The maximum atomic E-state index is 14.2. The normalized spacial score (nSPS) is 15.1. The van der Waals surface area contributed by atoms with Gasteiger partial charge in [0.25, 0.3) is 5.91 Å². The highest BCUT2D eigenvalue weighted by Crippen LogP contribution is 2.35. The molecular formula is C22H15F2N3O3S. The third kappa shape index (κ3) is 3.79. The van der Waals surface area contributed by atoms with E-state index >= 15 is 0 Å². The summed E-state index contributed by atoms with van der Waals surface area (Å²) in [5.74, 6) is -0.865. The summed E-state index contributed by atoms with van der Waals surface area (Å²) in [6, 6.07) is 12.6. The molecule has 0 spiro atoms. The minimum Gasteiger partial charge on any atom is -0.485 e. The van der Waals surface area contributed by atoms with E-state index in [-0.39, 0.29) is 23.8 Å². The van der Waals surface area contributed by atoms with E-state index in [1.165, 1.54) is 11.0 Å². The lowest BCUT2D eigenvalue weighted by Gasteiger charge is -2.29. The fraction of sp³-hybridized carbons (Fsp3) is 0.136. The first kappa shape index (κ1) is 19.4. The maximum Gasteiger partial charge on any atom is 0.273 e. The quantitative estimate of drug-likeness (QED) is 0.473. The third-order valence-corrected chi connectivity index (χ3v) is 5.77. The molecule has 1 aliphatic rings. The number of hydrogen-bond donors (Lipinski definition) is 0. The molecule has 0 fully saturated rings. The Labute approximate surface area is 179 Å². The number of amides is 1. The van der Waals surface area contributed by atoms with Crippen LogP contribution in [0.2, 0.25) is 0 Å². The number of nitrogens with zero attached hydrogens (tertiary/aromatic N) is 3. The van der Waals surface area contributed by atoms with Crippen LogP contribution in [0, 0.1) is 11.6 Å². The molecule has 0 aliphatic carbocycles. The van der Waals surface area contributed by atoms with Crippen LogP contribution in [0.3, 0.4) is 0 Å². The Hall–Kier alpha value is -3.59. The first-order valence-corrected chi connectivity index (χ1v) is 10.2. The van der Waals surface area contributed by atoms with Crippen LogP contribution in [-0.4, -0.2) is 28.6 Å². The largest absolute Gasteiger partial charge is 0.485 e. The van der Waals surface area contributed by atoms with E-state index in [1.807, 2.05) is 12.1 Å². The predicted molar refractivity (Wildman–Crippen MR) is 111 cm³/mol. The van der Waals surface area contributed by atoms with E-state index in [0.717, 1.165) is 23.0 Å². The lowest BCUT2D eigenvalue weighted by Crippen LogP contribution is -2.46. The number of benzene rings is 2. The van der Waals surface area contributed by atoms with Crippen molar-refractivity contribution in [3.8, 4) is 11.5 Å². The Kier molecular flexibility index (Phi) is 4.95. The number of pyridine rings is 1. The van der Waals surface area contributed by atoms with Gasteiger partial charge in [0.15, 0.2) is 22.4 Å². The molecule has 0 bridgehead atoms. The van der Waals surface area contributed by atoms with Gasteiger partial charge in [0.05, 0.1) is 11.2 Å². The lowest BCUT2D eigenvalue weighted by molar-refractivity contribution is -0.127. The zero-order valence-electron chi connectivity index (χ0n) is 16.0. The Morgan fingerprint density at radius 1 is 1.16 bits per heavy atom. The number of aromatic nitrogens is 2. The van der Waals surface area contributed by atoms with Gasteiger partial charge in [0, 0.05) is 18.5 Å². The first-order valence-electron chi connectivity index (χ1n) is 9.43. The number of thiazole rings is 1. The number of halogens is 2. The maximum absolute atomic E-state index is 14.2. The smallest absolute Gasteiger partial charge is 0.273 e. The van der Waals surface area contributed by atoms with E-state index in [4.69, 9.17) is 9.47 Å². The minimum atomic E-state index is -0.917. The Morgan fingerprint density at radius 3 is 2.81 bits per heavy atom. The summed E-state index contributed by atoms with van der Waals surface area (Å²) in [6.45, 7) is 0.158. The summed E-state index contributed by atoms with van der Waals surface area (Å²) in [4.78, 5) is 23.2. The van der Waals surface area contributed by atoms with Crippen molar-refractivity contribution in [2.45, 2.75) is 12.6 Å². The summed E-state index contributed by atoms with van der Waals surface area (Å²) in [5.41, 5.74) is 0.760. The fourth-order valence-electron chi connectivity index (χ4n) is 3.29. The van der Waals surface area contributed by atoms with Gasteiger partial charge in [-0.3, -0.25) is 14.7 Å². The molecule has 0 N–H and O–H groups in total. The average Bonchev–Trinajstić information content (AvgIpc) is 3.21. The van der Waals surface area contributed by atoms with Gasteiger partial charge < -0.3 is 9.47 Å². The molecule has 156 valence electrons. The van der Waals surface area contributed by atoms with Crippen LogP contribution in [-0.2, 0) is 11.3 Å². The predicted octanol–water partition coefficient (Wildman–Crippen LogP) is 4.34. The molecule has 31 heavy (non-hydrogen) atoms. The van der Waals surface area contributed by atoms with Crippen molar-refractivity contribution in [1.82, 2.24) is 9.97 Å². The second-order valence-corrected chi connectivity index (χ2v) is 7.89. The molecule has 1 aliphatic heterocycles.